The highest BCUT2D eigenvalue weighted by Crippen LogP contribution is 1.99. The second-order valence-electron chi connectivity index (χ2n) is 3.49. The molecule has 83 valence electrons. The van der Waals surface area contributed by atoms with Gasteiger partial charge in [0.1, 0.15) is 0 Å². The van der Waals surface area contributed by atoms with Crippen LogP contribution in [-0.4, -0.2) is 55.1 Å². The molecule has 1 aliphatic rings. The Hall–Kier alpha value is -1.29. The van der Waals surface area contributed by atoms with E-state index >= 15 is 0 Å². The average Bonchev–Trinajstić information content (AvgIpc) is 2.61. The minimum Gasteiger partial charge on any atom is -0.320 e. The lowest BCUT2D eigenvalue weighted by atomic mass is 10.4. The van der Waals surface area contributed by atoms with E-state index in [4.69, 9.17) is 0 Å². The normalized spacial score (nSPS) is 15.5. The molecule has 0 aromatic carbocycles. The zero-order valence-electron chi connectivity index (χ0n) is 9.06. The van der Waals surface area contributed by atoms with Crippen molar-refractivity contribution in [3.8, 4) is 0 Å². The van der Waals surface area contributed by atoms with Crippen molar-refractivity contribution in [2.75, 3.05) is 39.3 Å². The maximum absolute atomic E-state index is 11.2. The van der Waals surface area contributed by atoms with E-state index in [2.05, 4.69) is 23.4 Å². The van der Waals surface area contributed by atoms with Crippen LogP contribution in [0.1, 0.15) is 0 Å². The second-order valence-corrected chi connectivity index (χ2v) is 3.49. The number of rotatable bonds is 7. The first-order valence-electron chi connectivity index (χ1n) is 5.18. The molecule has 1 radical (unpaired) electrons. The van der Waals surface area contributed by atoms with Crippen LogP contribution in [0.5, 0.6) is 0 Å². The van der Waals surface area contributed by atoms with Crippen LogP contribution in [-0.2, 0) is 0 Å². The molecule has 4 heteroatoms. The molecule has 0 N–H and O–H groups in total. The third kappa shape index (κ3) is 3.75. The van der Waals surface area contributed by atoms with E-state index in [0.29, 0.717) is 6.54 Å². The van der Waals surface area contributed by atoms with E-state index < -0.39 is 0 Å². The van der Waals surface area contributed by atoms with Crippen LogP contribution in [0.4, 0.5) is 4.79 Å². The van der Waals surface area contributed by atoms with Gasteiger partial charge in [0.05, 0.1) is 6.54 Å². The molecule has 1 fully saturated rings. The van der Waals surface area contributed by atoms with Gasteiger partial charge in [0.15, 0.2) is 0 Å². The number of urea groups is 1. The highest BCUT2D eigenvalue weighted by molar-refractivity contribution is 5.75. The lowest BCUT2D eigenvalue weighted by Crippen LogP contribution is -2.36. The molecule has 1 aliphatic heterocycles. The second kappa shape index (κ2) is 6.24. The summed E-state index contributed by atoms with van der Waals surface area (Å²) in [5, 5.41) is 3.82. The predicted octanol–water partition coefficient (Wildman–Crippen LogP) is 0.700. The summed E-state index contributed by atoms with van der Waals surface area (Å²) < 4.78 is 0. The number of carbonyl (C=O) groups is 1. The number of amides is 2. The Kier molecular flexibility index (Phi) is 4.90. The van der Waals surface area contributed by atoms with Crippen LogP contribution < -0.4 is 5.32 Å². The van der Waals surface area contributed by atoms with Crippen LogP contribution in [0.2, 0.25) is 0 Å². The maximum Gasteiger partial charge on any atom is 0.339 e. The Morgan fingerprint density at radius 3 is 2.53 bits per heavy atom. The standard InChI is InChI=1S/C11H18N3O/c1-3-6-13(7-4-2)9-10-14-8-5-12-11(14)15/h3-4H,1-2,5-10H2. The van der Waals surface area contributed by atoms with Gasteiger partial charge < -0.3 is 4.90 Å². The van der Waals surface area contributed by atoms with Crippen molar-refractivity contribution in [2.45, 2.75) is 0 Å². The smallest absolute Gasteiger partial charge is 0.320 e. The molecule has 1 heterocycles. The summed E-state index contributed by atoms with van der Waals surface area (Å²) in [6, 6.07) is -0.0767. The first-order valence-corrected chi connectivity index (χ1v) is 5.18. The molecule has 15 heavy (non-hydrogen) atoms. The summed E-state index contributed by atoms with van der Waals surface area (Å²) in [6.07, 6.45) is 3.72. The molecule has 0 aromatic heterocycles. The molecular weight excluding hydrogens is 190 g/mol. The summed E-state index contributed by atoms with van der Waals surface area (Å²) >= 11 is 0. The number of hydrogen-bond acceptors (Lipinski definition) is 2. The Morgan fingerprint density at radius 1 is 1.40 bits per heavy atom. The van der Waals surface area contributed by atoms with Crippen molar-refractivity contribution in [2.24, 2.45) is 0 Å². The molecule has 4 nitrogen and oxygen atoms in total. The van der Waals surface area contributed by atoms with E-state index in [1.807, 2.05) is 12.2 Å². The SMILES string of the molecule is C=CCN(CC=C)CCN1CC[N]C1=O. The summed E-state index contributed by atoms with van der Waals surface area (Å²) in [4.78, 5) is 15.2. The molecular formula is C11H18N3O. The van der Waals surface area contributed by atoms with Gasteiger partial charge in [0.2, 0.25) is 0 Å². The van der Waals surface area contributed by atoms with E-state index in [1.54, 1.807) is 4.90 Å². The van der Waals surface area contributed by atoms with Gasteiger partial charge in [0, 0.05) is 32.7 Å². The van der Waals surface area contributed by atoms with Gasteiger partial charge >= 0.3 is 6.03 Å². The minimum atomic E-state index is -0.0767. The molecule has 1 rings (SSSR count). The van der Waals surface area contributed by atoms with Crippen molar-refractivity contribution < 1.29 is 4.79 Å². The van der Waals surface area contributed by atoms with Gasteiger partial charge in [-0.15, -0.1) is 13.2 Å². The van der Waals surface area contributed by atoms with E-state index in [1.165, 1.54) is 0 Å². The van der Waals surface area contributed by atoms with E-state index in [0.717, 1.165) is 32.7 Å². The van der Waals surface area contributed by atoms with Crippen LogP contribution in [0.3, 0.4) is 0 Å². The molecule has 0 atom stereocenters. The van der Waals surface area contributed by atoms with Crippen molar-refractivity contribution in [3.05, 3.63) is 25.3 Å². The fraction of sp³-hybridized carbons (Fsp3) is 0.545. The maximum atomic E-state index is 11.2. The molecule has 0 aliphatic carbocycles. The summed E-state index contributed by atoms with van der Waals surface area (Å²) in [5.74, 6) is 0. The van der Waals surface area contributed by atoms with E-state index in [-0.39, 0.29) is 6.03 Å². The van der Waals surface area contributed by atoms with E-state index in [9.17, 15) is 4.79 Å². The first-order chi connectivity index (χ1) is 7.27. The molecule has 1 saturated heterocycles. The topological polar surface area (TPSA) is 37.7 Å². The average molecular weight is 208 g/mol. The fourth-order valence-electron chi connectivity index (χ4n) is 1.55. The van der Waals surface area contributed by atoms with Crippen LogP contribution in [0, 0.1) is 0 Å². The van der Waals surface area contributed by atoms with Crippen molar-refractivity contribution in [1.29, 1.82) is 0 Å². The molecule has 0 aromatic rings. The third-order valence-electron chi connectivity index (χ3n) is 2.35. The number of carbonyl (C=O) groups excluding carboxylic acids is 1. The summed E-state index contributed by atoms with van der Waals surface area (Å²) in [5.41, 5.74) is 0. The first kappa shape index (κ1) is 11.8. The highest BCUT2D eigenvalue weighted by Gasteiger charge is 2.20. The van der Waals surface area contributed by atoms with Gasteiger partial charge in [-0.1, -0.05) is 12.2 Å². The van der Waals surface area contributed by atoms with Gasteiger partial charge in [0.25, 0.3) is 0 Å². The van der Waals surface area contributed by atoms with Crippen molar-refractivity contribution in [1.82, 2.24) is 15.1 Å². The monoisotopic (exact) mass is 208 g/mol. The van der Waals surface area contributed by atoms with Crippen molar-refractivity contribution >= 4 is 6.03 Å². The van der Waals surface area contributed by atoms with Gasteiger partial charge in [-0.05, 0) is 0 Å². The number of hydrogen-bond donors (Lipinski definition) is 0. The largest absolute Gasteiger partial charge is 0.339 e. The molecule has 2 amide bonds. The lowest BCUT2D eigenvalue weighted by molar-refractivity contribution is 0.207. The Bertz CT molecular complexity index is 230. The minimum absolute atomic E-state index is 0.0767. The van der Waals surface area contributed by atoms with Gasteiger partial charge in [-0.3, -0.25) is 4.90 Å². The molecule has 0 bridgehead atoms. The Balaban J connectivity index is 2.28. The highest BCUT2D eigenvalue weighted by atomic mass is 16.2. The molecule has 0 saturated carbocycles. The zero-order chi connectivity index (χ0) is 11.1. The van der Waals surface area contributed by atoms with Gasteiger partial charge in [-0.25, -0.2) is 10.1 Å². The predicted molar refractivity (Wildman–Crippen MR) is 60.8 cm³/mol. The third-order valence-corrected chi connectivity index (χ3v) is 2.35. The summed E-state index contributed by atoms with van der Waals surface area (Å²) in [6.45, 7) is 12.0. The van der Waals surface area contributed by atoms with Crippen LogP contribution in [0.25, 0.3) is 0 Å². The Morgan fingerprint density at radius 2 is 2.07 bits per heavy atom. The molecule has 0 spiro atoms. The van der Waals surface area contributed by atoms with Gasteiger partial charge in [-0.2, -0.15) is 0 Å². The molecule has 0 unspecified atom stereocenters. The van der Waals surface area contributed by atoms with Crippen LogP contribution in [0.15, 0.2) is 25.3 Å². The Labute approximate surface area is 91.2 Å². The van der Waals surface area contributed by atoms with Crippen molar-refractivity contribution in [3.63, 3.8) is 0 Å². The number of nitrogens with zero attached hydrogens (tertiary/aromatic N) is 3. The summed E-state index contributed by atoms with van der Waals surface area (Å²) in [7, 11) is 0. The quantitative estimate of drug-likeness (QED) is 0.578. The lowest BCUT2D eigenvalue weighted by Gasteiger charge is -2.22. The fourth-order valence-corrected chi connectivity index (χ4v) is 1.55. The van der Waals surface area contributed by atoms with Crippen LogP contribution >= 0.6 is 0 Å². The zero-order valence-corrected chi connectivity index (χ0v) is 9.06.